The molecule has 1 aromatic carbocycles. The number of carbonyl (C=O) groups excluding carboxylic acids is 1. The first-order valence-corrected chi connectivity index (χ1v) is 8.24. The van der Waals surface area contributed by atoms with Gasteiger partial charge in [0.15, 0.2) is 0 Å². The lowest BCUT2D eigenvalue weighted by Crippen LogP contribution is -2.26. The molecule has 0 saturated heterocycles. The lowest BCUT2D eigenvalue weighted by molar-refractivity contribution is -0.133. The van der Waals surface area contributed by atoms with Gasteiger partial charge in [0.05, 0.1) is 5.75 Å². The van der Waals surface area contributed by atoms with E-state index in [0.717, 1.165) is 5.56 Å². The molecule has 7 nitrogen and oxygen atoms in total. The molecule has 0 atom stereocenters. The number of benzene rings is 1. The number of amides is 1. The molecular formula is C15H17N3O4S. The van der Waals surface area contributed by atoms with Crippen LogP contribution < -0.4 is 5.32 Å². The maximum Gasteiger partial charge on any atom is 0.313 e. The number of hydrogen-bond donors (Lipinski definition) is 2. The average molecular weight is 335 g/mol. The number of carbonyl (C=O) groups is 2. The highest BCUT2D eigenvalue weighted by molar-refractivity contribution is 7.99. The van der Waals surface area contributed by atoms with Crippen LogP contribution >= 0.6 is 11.8 Å². The predicted molar refractivity (Wildman–Crippen MR) is 86.0 cm³/mol. The van der Waals surface area contributed by atoms with E-state index in [1.54, 1.807) is 0 Å². The van der Waals surface area contributed by atoms with Crippen LogP contribution in [0, 0.1) is 0 Å². The third kappa shape index (κ3) is 6.11. The van der Waals surface area contributed by atoms with E-state index in [0.29, 0.717) is 30.5 Å². The van der Waals surface area contributed by atoms with Gasteiger partial charge in [0.25, 0.3) is 0 Å². The van der Waals surface area contributed by atoms with Crippen LogP contribution in [0.2, 0.25) is 0 Å². The lowest BCUT2D eigenvalue weighted by Gasteiger charge is -2.03. The monoisotopic (exact) mass is 335 g/mol. The van der Waals surface area contributed by atoms with Gasteiger partial charge >= 0.3 is 5.97 Å². The van der Waals surface area contributed by atoms with Gasteiger partial charge in [-0.3, -0.25) is 9.59 Å². The molecule has 0 radical (unpaired) electrons. The zero-order valence-corrected chi connectivity index (χ0v) is 13.2. The molecule has 1 heterocycles. The second-order valence-electron chi connectivity index (χ2n) is 4.66. The smallest absolute Gasteiger partial charge is 0.313 e. The quantitative estimate of drug-likeness (QED) is 0.671. The van der Waals surface area contributed by atoms with Gasteiger partial charge in [0.1, 0.15) is 0 Å². The Labute approximate surface area is 137 Å². The largest absolute Gasteiger partial charge is 0.481 e. The average Bonchev–Trinajstić information content (AvgIpc) is 3.02. The van der Waals surface area contributed by atoms with Crippen LogP contribution in [0.3, 0.4) is 0 Å². The Kier molecular flexibility index (Phi) is 6.61. The summed E-state index contributed by atoms with van der Waals surface area (Å²) < 4.78 is 5.52. The summed E-state index contributed by atoms with van der Waals surface area (Å²) in [5.74, 6) is 0.481. The van der Waals surface area contributed by atoms with Gasteiger partial charge in [-0.15, -0.1) is 22.0 Å². The van der Waals surface area contributed by atoms with Crippen molar-refractivity contribution in [2.45, 2.75) is 12.8 Å². The molecule has 0 aliphatic carbocycles. The maximum atomic E-state index is 11.7. The fraction of sp³-hybridized carbons (Fsp3) is 0.333. The third-order valence-electron chi connectivity index (χ3n) is 2.85. The van der Waals surface area contributed by atoms with Crippen molar-refractivity contribution in [1.82, 2.24) is 15.5 Å². The highest BCUT2D eigenvalue weighted by atomic mass is 32.2. The van der Waals surface area contributed by atoms with E-state index in [1.165, 1.54) is 11.8 Å². The van der Waals surface area contributed by atoms with Crippen molar-refractivity contribution in [2.24, 2.45) is 0 Å². The minimum Gasteiger partial charge on any atom is -0.481 e. The Morgan fingerprint density at radius 2 is 2.00 bits per heavy atom. The van der Waals surface area contributed by atoms with Crippen LogP contribution in [-0.2, 0) is 16.0 Å². The Bertz CT molecular complexity index is 645. The van der Waals surface area contributed by atoms with Crippen molar-refractivity contribution < 1.29 is 19.1 Å². The first-order valence-electron chi connectivity index (χ1n) is 7.09. The van der Waals surface area contributed by atoms with E-state index in [2.05, 4.69) is 15.5 Å². The minimum absolute atomic E-state index is 0.0418. The molecule has 8 heteroatoms. The highest BCUT2D eigenvalue weighted by Crippen LogP contribution is 2.17. The zero-order valence-electron chi connectivity index (χ0n) is 12.4. The SMILES string of the molecule is O=C(O)CSCCNC(=O)CCc1nnc(-c2ccccc2)o1. The predicted octanol–water partition coefficient (Wildman–Crippen LogP) is 1.60. The number of aryl methyl sites for hydroxylation is 1. The van der Waals surface area contributed by atoms with Crippen LogP contribution in [0.25, 0.3) is 11.5 Å². The van der Waals surface area contributed by atoms with Crippen molar-refractivity contribution in [3.8, 4) is 11.5 Å². The van der Waals surface area contributed by atoms with Crippen molar-refractivity contribution in [3.05, 3.63) is 36.2 Å². The van der Waals surface area contributed by atoms with E-state index in [-0.39, 0.29) is 18.1 Å². The summed E-state index contributed by atoms with van der Waals surface area (Å²) in [4.78, 5) is 22.0. The number of carboxylic acids is 1. The van der Waals surface area contributed by atoms with Crippen LogP contribution in [0.1, 0.15) is 12.3 Å². The summed E-state index contributed by atoms with van der Waals surface area (Å²) in [6.45, 7) is 0.440. The second-order valence-corrected chi connectivity index (χ2v) is 5.77. The van der Waals surface area contributed by atoms with Gasteiger partial charge in [-0.2, -0.15) is 0 Å². The first-order chi connectivity index (χ1) is 11.1. The summed E-state index contributed by atoms with van der Waals surface area (Å²) >= 11 is 1.26. The Morgan fingerprint density at radius 3 is 2.74 bits per heavy atom. The van der Waals surface area contributed by atoms with Crippen molar-refractivity contribution >= 4 is 23.6 Å². The minimum atomic E-state index is -0.855. The van der Waals surface area contributed by atoms with Crippen LogP contribution in [0.15, 0.2) is 34.7 Å². The van der Waals surface area contributed by atoms with E-state index in [9.17, 15) is 9.59 Å². The van der Waals surface area contributed by atoms with Gasteiger partial charge in [0, 0.05) is 30.7 Å². The topological polar surface area (TPSA) is 105 Å². The standard InChI is InChI=1S/C15H17N3O4S/c19-12(16-8-9-23-10-14(20)21)6-7-13-17-18-15(22-13)11-4-2-1-3-5-11/h1-5H,6-10H2,(H,16,19)(H,20,21). The van der Waals surface area contributed by atoms with Gasteiger partial charge in [0.2, 0.25) is 17.7 Å². The molecule has 0 fully saturated rings. The number of aromatic nitrogens is 2. The first kappa shape index (κ1) is 17.0. The molecular weight excluding hydrogens is 318 g/mol. The summed E-state index contributed by atoms with van der Waals surface area (Å²) in [7, 11) is 0. The number of nitrogens with zero attached hydrogens (tertiary/aromatic N) is 2. The number of rotatable bonds is 9. The van der Waals surface area contributed by atoms with E-state index < -0.39 is 5.97 Å². The van der Waals surface area contributed by atoms with Crippen LogP contribution in [0.5, 0.6) is 0 Å². The number of hydrogen-bond acceptors (Lipinski definition) is 6. The molecule has 0 spiro atoms. The van der Waals surface area contributed by atoms with Gasteiger partial charge in [-0.25, -0.2) is 0 Å². The van der Waals surface area contributed by atoms with E-state index in [4.69, 9.17) is 9.52 Å². The molecule has 2 N–H and O–H groups in total. The maximum absolute atomic E-state index is 11.7. The van der Waals surface area contributed by atoms with Crippen molar-refractivity contribution in [3.63, 3.8) is 0 Å². The van der Waals surface area contributed by atoms with Gasteiger partial charge < -0.3 is 14.8 Å². The Balaban J connectivity index is 1.69. The molecule has 23 heavy (non-hydrogen) atoms. The summed E-state index contributed by atoms with van der Waals surface area (Å²) in [5.41, 5.74) is 0.839. The molecule has 0 unspecified atom stereocenters. The van der Waals surface area contributed by atoms with Crippen molar-refractivity contribution in [1.29, 1.82) is 0 Å². The molecule has 1 amide bonds. The molecule has 0 aliphatic heterocycles. The Hall–Kier alpha value is -2.35. The van der Waals surface area contributed by atoms with E-state index >= 15 is 0 Å². The van der Waals surface area contributed by atoms with Gasteiger partial charge in [-0.05, 0) is 12.1 Å². The number of carboxylic acid groups (broad SMARTS) is 1. The highest BCUT2D eigenvalue weighted by Gasteiger charge is 2.10. The lowest BCUT2D eigenvalue weighted by atomic mass is 10.2. The second kappa shape index (κ2) is 8.94. The van der Waals surface area contributed by atoms with Crippen molar-refractivity contribution in [2.75, 3.05) is 18.1 Å². The normalized spacial score (nSPS) is 10.4. The molecule has 0 bridgehead atoms. The summed E-state index contributed by atoms with van der Waals surface area (Å²) in [6.07, 6.45) is 0.619. The molecule has 122 valence electrons. The Morgan fingerprint density at radius 1 is 1.22 bits per heavy atom. The fourth-order valence-corrected chi connectivity index (χ4v) is 2.35. The fourth-order valence-electron chi connectivity index (χ4n) is 1.78. The third-order valence-corrected chi connectivity index (χ3v) is 3.79. The number of nitrogens with one attached hydrogen (secondary N) is 1. The van der Waals surface area contributed by atoms with Crippen LogP contribution in [-0.4, -0.2) is 45.2 Å². The van der Waals surface area contributed by atoms with Crippen LogP contribution in [0.4, 0.5) is 0 Å². The summed E-state index contributed by atoms with van der Waals surface area (Å²) in [6, 6.07) is 9.42. The molecule has 2 rings (SSSR count). The molecule has 2 aromatic rings. The zero-order chi connectivity index (χ0) is 16.5. The molecule has 0 aliphatic rings. The number of thioether (sulfide) groups is 1. The molecule has 0 saturated carbocycles. The summed E-state index contributed by atoms with van der Waals surface area (Å²) in [5, 5.41) is 19.1. The van der Waals surface area contributed by atoms with E-state index in [1.807, 2.05) is 30.3 Å². The molecule has 1 aromatic heterocycles. The number of aliphatic carboxylic acids is 1. The van der Waals surface area contributed by atoms with Gasteiger partial charge in [-0.1, -0.05) is 18.2 Å².